The minimum Gasteiger partial charge on any atom is -0.354 e. The Kier molecular flexibility index (Phi) is 6.39. The van der Waals surface area contributed by atoms with Gasteiger partial charge in [0, 0.05) is 19.5 Å². The Morgan fingerprint density at radius 1 is 1.28 bits per heavy atom. The molecule has 1 aliphatic carbocycles. The van der Waals surface area contributed by atoms with Gasteiger partial charge in [0.15, 0.2) is 0 Å². The van der Waals surface area contributed by atoms with E-state index in [1.54, 1.807) is 6.92 Å². The molecule has 3 N–H and O–H groups in total. The highest BCUT2D eigenvalue weighted by Crippen LogP contribution is 2.35. The first-order valence-electron chi connectivity index (χ1n) is 9.11. The molecule has 1 aliphatic heterocycles. The van der Waals surface area contributed by atoms with E-state index in [0.717, 1.165) is 19.3 Å². The van der Waals surface area contributed by atoms with Gasteiger partial charge >= 0.3 is 6.03 Å². The summed E-state index contributed by atoms with van der Waals surface area (Å²) >= 11 is 0. The molecule has 0 bridgehead atoms. The molecule has 1 spiro atoms. The van der Waals surface area contributed by atoms with Crippen LogP contribution in [0.2, 0.25) is 0 Å². The SMILES string of the molecule is CCCNC(=O)[C@@H](C)NC(=O)CCCN1C(=O)NC2(CCCC2)C1=O. The smallest absolute Gasteiger partial charge is 0.325 e. The quantitative estimate of drug-likeness (QED) is 0.558. The van der Waals surface area contributed by atoms with Gasteiger partial charge in [-0.25, -0.2) is 4.79 Å². The van der Waals surface area contributed by atoms with Crippen LogP contribution in [0.25, 0.3) is 0 Å². The third-order valence-corrected chi connectivity index (χ3v) is 4.81. The first-order chi connectivity index (χ1) is 11.9. The topological polar surface area (TPSA) is 108 Å². The van der Waals surface area contributed by atoms with Gasteiger partial charge < -0.3 is 16.0 Å². The monoisotopic (exact) mass is 352 g/mol. The van der Waals surface area contributed by atoms with Gasteiger partial charge in [-0.3, -0.25) is 19.3 Å². The van der Waals surface area contributed by atoms with Crippen LogP contribution in [-0.2, 0) is 14.4 Å². The third-order valence-electron chi connectivity index (χ3n) is 4.81. The lowest BCUT2D eigenvalue weighted by Gasteiger charge is -2.20. The van der Waals surface area contributed by atoms with Crippen molar-refractivity contribution in [3.63, 3.8) is 0 Å². The van der Waals surface area contributed by atoms with E-state index < -0.39 is 11.6 Å². The number of rotatable bonds is 8. The molecular formula is C17H28N4O4. The summed E-state index contributed by atoms with van der Waals surface area (Å²) in [6.07, 6.45) is 4.65. The molecule has 0 aromatic carbocycles. The van der Waals surface area contributed by atoms with Crippen LogP contribution in [0.1, 0.15) is 58.8 Å². The maximum absolute atomic E-state index is 12.5. The number of hydrogen-bond donors (Lipinski definition) is 3. The van der Waals surface area contributed by atoms with Crippen molar-refractivity contribution >= 4 is 23.8 Å². The molecule has 8 heteroatoms. The summed E-state index contributed by atoms with van der Waals surface area (Å²) in [5.74, 6) is -0.642. The van der Waals surface area contributed by atoms with Crippen molar-refractivity contribution in [3.8, 4) is 0 Å². The maximum atomic E-state index is 12.5. The second-order valence-corrected chi connectivity index (χ2v) is 6.86. The lowest BCUT2D eigenvalue weighted by atomic mass is 9.98. The highest BCUT2D eigenvalue weighted by Gasteiger charge is 2.51. The van der Waals surface area contributed by atoms with E-state index >= 15 is 0 Å². The first-order valence-corrected chi connectivity index (χ1v) is 9.11. The van der Waals surface area contributed by atoms with Crippen LogP contribution in [0.4, 0.5) is 4.79 Å². The number of carbonyl (C=O) groups is 4. The zero-order valence-electron chi connectivity index (χ0n) is 15.0. The van der Waals surface area contributed by atoms with Gasteiger partial charge in [-0.2, -0.15) is 0 Å². The van der Waals surface area contributed by atoms with Gasteiger partial charge in [-0.15, -0.1) is 0 Å². The minimum absolute atomic E-state index is 0.162. The predicted octanol–water partition coefficient (Wildman–Crippen LogP) is 0.662. The summed E-state index contributed by atoms with van der Waals surface area (Å²) in [6, 6.07) is -0.961. The largest absolute Gasteiger partial charge is 0.354 e. The summed E-state index contributed by atoms with van der Waals surface area (Å²) in [5.41, 5.74) is -0.703. The molecule has 2 aliphatic rings. The first kappa shape index (κ1) is 19.2. The molecule has 8 nitrogen and oxygen atoms in total. The van der Waals surface area contributed by atoms with E-state index in [0.29, 0.717) is 25.8 Å². The Hall–Kier alpha value is -2.12. The van der Waals surface area contributed by atoms with Gasteiger partial charge in [-0.1, -0.05) is 19.8 Å². The standard InChI is InChI=1S/C17H28N4O4/c1-3-10-18-14(23)12(2)19-13(22)7-6-11-21-15(24)17(20-16(21)25)8-4-5-9-17/h12H,3-11H2,1-2H3,(H,18,23)(H,19,22)(H,20,25)/t12-/m1/s1. The van der Waals surface area contributed by atoms with Crippen molar-refractivity contribution in [3.05, 3.63) is 0 Å². The molecule has 5 amide bonds. The Labute approximate surface area is 148 Å². The zero-order valence-corrected chi connectivity index (χ0v) is 15.0. The highest BCUT2D eigenvalue weighted by atomic mass is 16.2. The molecule has 1 saturated carbocycles. The van der Waals surface area contributed by atoms with E-state index in [1.165, 1.54) is 4.90 Å². The predicted molar refractivity (Wildman–Crippen MR) is 91.6 cm³/mol. The van der Waals surface area contributed by atoms with E-state index in [-0.39, 0.29) is 36.7 Å². The molecule has 1 saturated heterocycles. The fourth-order valence-electron chi connectivity index (χ4n) is 3.37. The molecule has 25 heavy (non-hydrogen) atoms. The van der Waals surface area contributed by atoms with E-state index in [9.17, 15) is 19.2 Å². The van der Waals surface area contributed by atoms with Crippen molar-refractivity contribution in [2.75, 3.05) is 13.1 Å². The van der Waals surface area contributed by atoms with Crippen molar-refractivity contribution in [2.24, 2.45) is 0 Å². The Morgan fingerprint density at radius 2 is 1.96 bits per heavy atom. The van der Waals surface area contributed by atoms with Crippen LogP contribution in [0, 0.1) is 0 Å². The highest BCUT2D eigenvalue weighted by molar-refractivity contribution is 6.07. The summed E-state index contributed by atoms with van der Waals surface area (Å²) in [7, 11) is 0. The average Bonchev–Trinajstić information content (AvgIpc) is 3.13. The second-order valence-electron chi connectivity index (χ2n) is 6.86. The van der Waals surface area contributed by atoms with Gasteiger partial charge in [-0.05, 0) is 32.6 Å². The summed E-state index contributed by atoms with van der Waals surface area (Å²) in [5, 5.41) is 8.17. The molecule has 0 radical (unpaired) electrons. The zero-order chi connectivity index (χ0) is 18.4. The van der Waals surface area contributed by atoms with Crippen molar-refractivity contribution in [1.82, 2.24) is 20.9 Å². The van der Waals surface area contributed by atoms with E-state index in [4.69, 9.17) is 0 Å². The molecule has 2 fully saturated rings. The summed E-state index contributed by atoms with van der Waals surface area (Å²) in [6.45, 7) is 4.38. The number of urea groups is 1. The van der Waals surface area contributed by atoms with Crippen LogP contribution in [-0.4, -0.2) is 53.3 Å². The summed E-state index contributed by atoms with van der Waals surface area (Å²) < 4.78 is 0. The normalized spacial score (nSPS) is 19.8. The van der Waals surface area contributed by atoms with Crippen LogP contribution in [0.5, 0.6) is 0 Å². The number of nitrogens with zero attached hydrogens (tertiary/aromatic N) is 1. The number of imide groups is 1. The van der Waals surface area contributed by atoms with Crippen LogP contribution in [0.15, 0.2) is 0 Å². The summed E-state index contributed by atoms with van der Waals surface area (Å²) in [4.78, 5) is 49.4. The number of hydrogen-bond acceptors (Lipinski definition) is 4. The van der Waals surface area contributed by atoms with Gasteiger partial charge in [0.25, 0.3) is 5.91 Å². The Bertz CT molecular complexity index is 543. The third kappa shape index (κ3) is 4.49. The van der Waals surface area contributed by atoms with Gasteiger partial charge in [0.2, 0.25) is 11.8 Å². The van der Waals surface area contributed by atoms with Gasteiger partial charge in [0.1, 0.15) is 11.6 Å². The lowest BCUT2D eigenvalue weighted by molar-refractivity contribution is -0.131. The van der Waals surface area contributed by atoms with E-state index in [1.807, 2.05) is 6.92 Å². The van der Waals surface area contributed by atoms with Gasteiger partial charge in [0.05, 0.1) is 0 Å². The van der Waals surface area contributed by atoms with Crippen LogP contribution >= 0.6 is 0 Å². The maximum Gasteiger partial charge on any atom is 0.325 e. The molecule has 0 unspecified atom stereocenters. The fourth-order valence-corrected chi connectivity index (χ4v) is 3.37. The van der Waals surface area contributed by atoms with Crippen LogP contribution in [0.3, 0.4) is 0 Å². The van der Waals surface area contributed by atoms with Crippen molar-refractivity contribution < 1.29 is 19.2 Å². The Morgan fingerprint density at radius 3 is 2.60 bits per heavy atom. The number of carbonyl (C=O) groups excluding carboxylic acids is 4. The fraction of sp³-hybridized carbons (Fsp3) is 0.765. The van der Waals surface area contributed by atoms with E-state index in [2.05, 4.69) is 16.0 Å². The molecule has 140 valence electrons. The molecule has 2 rings (SSSR count). The molecule has 0 aromatic heterocycles. The van der Waals surface area contributed by atoms with Crippen molar-refractivity contribution in [2.45, 2.75) is 70.4 Å². The number of nitrogens with one attached hydrogen (secondary N) is 3. The lowest BCUT2D eigenvalue weighted by Crippen LogP contribution is -2.45. The minimum atomic E-state index is -0.703. The average molecular weight is 352 g/mol. The molecule has 1 heterocycles. The van der Waals surface area contributed by atoms with Crippen LogP contribution < -0.4 is 16.0 Å². The molecule has 0 aromatic rings. The van der Waals surface area contributed by atoms with Crippen molar-refractivity contribution in [1.29, 1.82) is 0 Å². The number of amides is 5. The molecule has 1 atom stereocenters. The Balaban J connectivity index is 1.73. The second kappa shape index (κ2) is 8.31. The molecular weight excluding hydrogens is 324 g/mol.